The van der Waals surface area contributed by atoms with Crippen LogP contribution in [0, 0.1) is 13.8 Å². The number of carbonyl (C=O) groups excluding carboxylic acids is 3. The third-order valence-corrected chi connectivity index (χ3v) is 3.27. The van der Waals surface area contributed by atoms with Gasteiger partial charge in [-0.25, -0.2) is 9.59 Å². The van der Waals surface area contributed by atoms with E-state index in [4.69, 9.17) is 9.26 Å². The van der Waals surface area contributed by atoms with Gasteiger partial charge in [-0.3, -0.25) is 10.1 Å². The summed E-state index contributed by atoms with van der Waals surface area (Å²) in [4.78, 5) is 36.1. The third-order valence-electron chi connectivity index (χ3n) is 3.27. The molecule has 0 saturated heterocycles. The van der Waals surface area contributed by atoms with E-state index in [0.717, 1.165) is 0 Å². The quantitative estimate of drug-likeness (QED) is 0.824. The second kappa shape index (κ2) is 7.40. The summed E-state index contributed by atoms with van der Waals surface area (Å²) in [6.45, 7) is 3.16. The first kappa shape index (κ1) is 17.2. The number of hydrogen-bond acceptors (Lipinski definition) is 6. The number of ether oxygens (including phenoxy) is 1. The van der Waals surface area contributed by atoms with Crippen molar-refractivity contribution in [3.05, 3.63) is 52.9 Å². The summed E-state index contributed by atoms with van der Waals surface area (Å²) in [5.41, 5.74) is 0.943. The Hall–Kier alpha value is -3.16. The van der Waals surface area contributed by atoms with Crippen LogP contribution >= 0.6 is 0 Å². The Labute approximate surface area is 138 Å². The molecule has 3 amide bonds. The lowest BCUT2D eigenvalue weighted by molar-refractivity contribution is -0.129. The zero-order chi connectivity index (χ0) is 17.7. The fraction of sp³-hybridized carbons (Fsp3) is 0.250. The Morgan fingerprint density at radius 1 is 1.17 bits per heavy atom. The average Bonchev–Trinajstić information content (AvgIpc) is 2.91. The van der Waals surface area contributed by atoms with Gasteiger partial charge in [-0.15, -0.1) is 0 Å². The van der Waals surface area contributed by atoms with Gasteiger partial charge in [-0.1, -0.05) is 35.5 Å². The summed E-state index contributed by atoms with van der Waals surface area (Å²) in [6.07, 6.45) is -1.29. The zero-order valence-corrected chi connectivity index (χ0v) is 13.5. The van der Waals surface area contributed by atoms with Gasteiger partial charge in [0.25, 0.3) is 5.91 Å². The molecule has 0 aliphatic carbocycles. The number of aromatic nitrogens is 1. The average molecular weight is 331 g/mol. The molecule has 2 N–H and O–H groups in total. The van der Waals surface area contributed by atoms with Crippen molar-refractivity contribution in [3.8, 4) is 0 Å². The lowest BCUT2D eigenvalue weighted by atomic mass is 10.1. The molecular formula is C16H17N3O5. The molecule has 1 heterocycles. The van der Waals surface area contributed by atoms with E-state index in [0.29, 0.717) is 11.3 Å². The minimum absolute atomic E-state index is 0.156. The molecule has 0 aliphatic heterocycles. The van der Waals surface area contributed by atoms with Crippen LogP contribution in [0.1, 0.15) is 33.5 Å². The van der Waals surface area contributed by atoms with Crippen LogP contribution in [-0.2, 0) is 9.53 Å². The lowest BCUT2D eigenvalue weighted by Crippen LogP contribution is -2.41. The first-order valence-corrected chi connectivity index (χ1v) is 7.15. The van der Waals surface area contributed by atoms with E-state index >= 15 is 0 Å². The number of carbonyl (C=O) groups is 3. The van der Waals surface area contributed by atoms with Crippen molar-refractivity contribution in [2.24, 2.45) is 0 Å². The van der Waals surface area contributed by atoms with Crippen molar-refractivity contribution in [1.82, 2.24) is 15.8 Å². The van der Waals surface area contributed by atoms with Crippen LogP contribution < -0.4 is 10.6 Å². The zero-order valence-electron chi connectivity index (χ0n) is 13.5. The molecule has 0 fully saturated rings. The van der Waals surface area contributed by atoms with Gasteiger partial charge < -0.3 is 14.6 Å². The van der Waals surface area contributed by atoms with Crippen molar-refractivity contribution < 1.29 is 23.6 Å². The number of benzene rings is 1. The van der Waals surface area contributed by atoms with Crippen LogP contribution in [0.15, 0.2) is 34.9 Å². The van der Waals surface area contributed by atoms with Gasteiger partial charge in [0.1, 0.15) is 11.3 Å². The molecule has 0 aliphatic rings. The number of rotatable bonds is 4. The Morgan fingerprint density at radius 3 is 2.38 bits per heavy atom. The molecule has 1 atom stereocenters. The van der Waals surface area contributed by atoms with Crippen molar-refractivity contribution in [3.63, 3.8) is 0 Å². The first-order chi connectivity index (χ1) is 11.4. The highest BCUT2D eigenvalue weighted by Crippen LogP contribution is 2.22. The van der Waals surface area contributed by atoms with Crippen LogP contribution in [0.5, 0.6) is 0 Å². The molecule has 8 nitrogen and oxygen atoms in total. The number of nitrogens with zero attached hydrogens (tertiary/aromatic N) is 1. The van der Waals surface area contributed by atoms with Crippen molar-refractivity contribution in [2.45, 2.75) is 20.0 Å². The Kier molecular flexibility index (Phi) is 5.31. The molecule has 1 aromatic carbocycles. The largest absolute Gasteiger partial charge is 0.444 e. The molecule has 1 aromatic heterocycles. The maximum Gasteiger partial charge on any atom is 0.344 e. The molecule has 24 heavy (non-hydrogen) atoms. The lowest BCUT2D eigenvalue weighted by Gasteiger charge is -2.17. The highest BCUT2D eigenvalue weighted by molar-refractivity contribution is 5.99. The van der Waals surface area contributed by atoms with Crippen LogP contribution in [-0.4, -0.2) is 30.1 Å². The van der Waals surface area contributed by atoms with Crippen molar-refractivity contribution >= 4 is 17.9 Å². The SMILES string of the molecule is CNC(=O)NC(=O)[C@@H](OC(=O)c1c(C)noc1C)c1ccccc1. The summed E-state index contributed by atoms with van der Waals surface area (Å²) in [7, 11) is 1.37. The van der Waals surface area contributed by atoms with Gasteiger partial charge in [-0.05, 0) is 13.8 Å². The van der Waals surface area contributed by atoms with E-state index in [2.05, 4.69) is 15.8 Å². The number of hydrogen-bond donors (Lipinski definition) is 2. The van der Waals surface area contributed by atoms with E-state index in [-0.39, 0.29) is 11.3 Å². The van der Waals surface area contributed by atoms with E-state index < -0.39 is 24.0 Å². The summed E-state index contributed by atoms with van der Waals surface area (Å²) in [6, 6.07) is 7.68. The fourth-order valence-electron chi connectivity index (χ4n) is 2.08. The van der Waals surface area contributed by atoms with Gasteiger partial charge in [0, 0.05) is 12.6 Å². The van der Waals surface area contributed by atoms with Gasteiger partial charge in [0.15, 0.2) is 0 Å². The smallest absolute Gasteiger partial charge is 0.344 e. The molecule has 126 valence electrons. The summed E-state index contributed by atoms with van der Waals surface area (Å²) in [5.74, 6) is -1.23. The molecule has 2 aromatic rings. The summed E-state index contributed by atoms with van der Waals surface area (Å²) in [5, 5.41) is 8.05. The molecular weight excluding hydrogens is 314 g/mol. The van der Waals surface area contributed by atoms with E-state index in [1.807, 2.05) is 0 Å². The van der Waals surface area contributed by atoms with Crippen LogP contribution in [0.25, 0.3) is 0 Å². The van der Waals surface area contributed by atoms with Gasteiger partial charge in [0.05, 0.1) is 5.69 Å². The topological polar surface area (TPSA) is 111 Å². The monoisotopic (exact) mass is 331 g/mol. The van der Waals surface area contributed by atoms with Gasteiger partial charge in [0.2, 0.25) is 6.10 Å². The van der Waals surface area contributed by atoms with Crippen LogP contribution in [0.2, 0.25) is 0 Å². The number of esters is 1. The standard InChI is InChI=1S/C16H17N3O5/c1-9-12(10(2)24-19-9)15(21)23-13(11-7-5-4-6-8-11)14(20)18-16(22)17-3/h4-8,13H,1-3H3,(H2,17,18,20,22)/t13-/m0/s1. The molecule has 2 rings (SSSR count). The Balaban J connectivity index is 2.28. The van der Waals surface area contributed by atoms with Crippen LogP contribution in [0.4, 0.5) is 4.79 Å². The molecule has 0 radical (unpaired) electrons. The van der Waals surface area contributed by atoms with E-state index in [1.165, 1.54) is 7.05 Å². The van der Waals surface area contributed by atoms with E-state index in [9.17, 15) is 14.4 Å². The molecule has 0 unspecified atom stereocenters. The first-order valence-electron chi connectivity index (χ1n) is 7.15. The molecule has 0 bridgehead atoms. The van der Waals surface area contributed by atoms with Crippen LogP contribution in [0.3, 0.4) is 0 Å². The molecule has 0 spiro atoms. The second-order valence-corrected chi connectivity index (χ2v) is 4.96. The Bertz CT molecular complexity index is 735. The minimum atomic E-state index is -1.29. The molecule has 8 heteroatoms. The summed E-state index contributed by atoms with van der Waals surface area (Å²) >= 11 is 0. The number of amides is 3. The van der Waals surface area contributed by atoms with Gasteiger partial charge in [-0.2, -0.15) is 0 Å². The highest BCUT2D eigenvalue weighted by Gasteiger charge is 2.29. The Morgan fingerprint density at radius 2 is 1.83 bits per heavy atom. The maximum absolute atomic E-state index is 12.4. The van der Waals surface area contributed by atoms with E-state index in [1.54, 1.807) is 44.2 Å². The third kappa shape index (κ3) is 3.78. The number of imide groups is 1. The van der Waals surface area contributed by atoms with Crippen molar-refractivity contribution in [1.29, 1.82) is 0 Å². The van der Waals surface area contributed by atoms with Gasteiger partial charge >= 0.3 is 12.0 Å². The predicted octanol–water partition coefficient (Wildman–Crippen LogP) is 1.65. The van der Waals surface area contributed by atoms with Crippen molar-refractivity contribution in [2.75, 3.05) is 7.05 Å². The maximum atomic E-state index is 12.4. The minimum Gasteiger partial charge on any atom is -0.444 e. The normalized spacial score (nSPS) is 11.5. The number of urea groups is 1. The number of nitrogens with one attached hydrogen (secondary N) is 2. The molecule has 0 saturated carbocycles. The second-order valence-electron chi connectivity index (χ2n) is 4.96. The fourth-order valence-corrected chi connectivity index (χ4v) is 2.08. The predicted molar refractivity (Wildman–Crippen MR) is 83.2 cm³/mol. The summed E-state index contributed by atoms with van der Waals surface area (Å²) < 4.78 is 10.2. The number of aryl methyl sites for hydroxylation is 2. The highest BCUT2D eigenvalue weighted by atomic mass is 16.6.